The lowest BCUT2D eigenvalue weighted by Gasteiger charge is -2.21. The highest BCUT2D eigenvalue weighted by atomic mass is 32.2. The van der Waals surface area contributed by atoms with Crippen molar-refractivity contribution in [3.05, 3.63) is 24.3 Å². The highest BCUT2D eigenvalue weighted by Gasteiger charge is 2.27. The van der Waals surface area contributed by atoms with Crippen LogP contribution < -0.4 is 10.6 Å². The van der Waals surface area contributed by atoms with Gasteiger partial charge >= 0.3 is 0 Å². The average molecular weight is 288 g/mol. The number of thioether (sulfide) groups is 1. The largest absolute Gasteiger partial charge is 0.366 e. The molecule has 2 atom stereocenters. The number of hydrogen-bond donors (Lipinski definition) is 2. The third-order valence-electron chi connectivity index (χ3n) is 3.90. The molecule has 1 aliphatic rings. The van der Waals surface area contributed by atoms with Crippen LogP contribution in [0.5, 0.6) is 0 Å². The van der Waals surface area contributed by atoms with Gasteiger partial charge in [0.25, 0.3) is 0 Å². The molecule has 0 spiro atoms. The number of benzene rings is 1. The molecule has 2 unspecified atom stereocenters. The van der Waals surface area contributed by atoms with E-state index in [0.717, 1.165) is 16.7 Å². The van der Waals surface area contributed by atoms with E-state index in [9.17, 15) is 0 Å². The second kappa shape index (κ2) is 5.87. The van der Waals surface area contributed by atoms with Crippen molar-refractivity contribution in [3.63, 3.8) is 0 Å². The smallest absolute Gasteiger partial charge is 0.224 e. The Balaban J connectivity index is 1.97. The average Bonchev–Trinajstić information content (AvgIpc) is 2.94. The van der Waals surface area contributed by atoms with Crippen molar-refractivity contribution < 1.29 is 0 Å². The van der Waals surface area contributed by atoms with Gasteiger partial charge in [0.1, 0.15) is 5.82 Å². The van der Waals surface area contributed by atoms with Gasteiger partial charge in [0.2, 0.25) is 5.95 Å². The van der Waals surface area contributed by atoms with Gasteiger partial charge in [-0.3, -0.25) is 0 Å². The van der Waals surface area contributed by atoms with Crippen LogP contribution in [0.15, 0.2) is 24.3 Å². The van der Waals surface area contributed by atoms with E-state index in [1.54, 1.807) is 0 Å². The van der Waals surface area contributed by atoms with Gasteiger partial charge in [-0.05, 0) is 31.2 Å². The Morgan fingerprint density at radius 2 is 2.05 bits per heavy atom. The SMILES string of the molecule is CNc1nc(NC2CCCC2SC)c2ccccc2n1. The first kappa shape index (κ1) is 13.5. The van der Waals surface area contributed by atoms with Crippen LogP contribution in [0, 0.1) is 0 Å². The number of nitrogens with one attached hydrogen (secondary N) is 2. The van der Waals surface area contributed by atoms with Crippen LogP contribution in [0.2, 0.25) is 0 Å². The molecule has 1 saturated carbocycles. The van der Waals surface area contributed by atoms with Gasteiger partial charge in [0, 0.05) is 23.7 Å². The van der Waals surface area contributed by atoms with Crippen LogP contribution >= 0.6 is 11.8 Å². The van der Waals surface area contributed by atoms with Gasteiger partial charge in [0.05, 0.1) is 5.52 Å². The number of fused-ring (bicyclic) bond motifs is 1. The fourth-order valence-corrected chi connectivity index (χ4v) is 3.78. The summed E-state index contributed by atoms with van der Waals surface area (Å²) in [6, 6.07) is 8.67. The molecule has 0 radical (unpaired) electrons. The number of hydrogen-bond acceptors (Lipinski definition) is 5. The Morgan fingerprint density at radius 1 is 1.20 bits per heavy atom. The second-order valence-electron chi connectivity index (χ2n) is 5.12. The van der Waals surface area contributed by atoms with Crippen molar-refractivity contribution in [2.45, 2.75) is 30.6 Å². The number of aromatic nitrogens is 2. The van der Waals surface area contributed by atoms with E-state index in [0.29, 0.717) is 17.2 Å². The van der Waals surface area contributed by atoms with E-state index in [-0.39, 0.29) is 0 Å². The minimum absolute atomic E-state index is 0.507. The van der Waals surface area contributed by atoms with Crippen LogP contribution in [-0.4, -0.2) is 34.6 Å². The number of anilines is 2. The van der Waals surface area contributed by atoms with E-state index in [1.165, 1.54) is 19.3 Å². The van der Waals surface area contributed by atoms with Gasteiger partial charge in [-0.25, -0.2) is 4.98 Å². The molecule has 0 bridgehead atoms. The summed E-state index contributed by atoms with van der Waals surface area (Å²) in [5.74, 6) is 1.62. The van der Waals surface area contributed by atoms with Crippen LogP contribution in [0.25, 0.3) is 10.9 Å². The number of rotatable bonds is 4. The molecule has 2 aromatic rings. The predicted molar refractivity (Wildman–Crippen MR) is 87.6 cm³/mol. The molecule has 2 N–H and O–H groups in total. The Hall–Kier alpha value is -1.49. The monoisotopic (exact) mass is 288 g/mol. The molecule has 1 heterocycles. The Bertz CT molecular complexity index is 601. The van der Waals surface area contributed by atoms with Gasteiger partial charge in [0.15, 0.2) is 0 Å². The van der Waals surface area contributed by atoms with E-state index < -0.39 is 0 Å². The van der Waals surface area contributed by atoms with Crippen molar-refractivity contribution in [3.8, 4) is 0 Å². The maximum atomic E-state index is 4.61. The summed E-state index contributed by atoms with van der Waals surface area (Å²) in [4.78, 5) is 9.11. The van der Waals surface area contributed by atoms with Crippen molar-refractivity contribution in [1.82, 2.24) is 9.97 Å². The molecule has 1 aliphatic carbocycles. The van der Waals surface area contributed by atoms with E-state index >= 15 is 0 Å². The van der Waals surface area contributed by atoms with Crippen LogP contribution in [0.1, 0.15) is 19.3 Å². The van der Waals surface area contributed by atoms with Crippen molar-refractivity contribution in [1.29, 1.82) is 0 Å². The van der Waals surface area contributed by atoms with Crippen LogP contribution in [0.4, 0.5) is 11.8 Å². The summed E-state index contributed by atoms with van der Waals surface area (Å²) in [6.07, 6.45) is 6.01. The normalized spacial score (nSPS) is 22.1. The minimum atomic E-state index is 0.507. The van der Waals surface area contributed by atoms with Crippen molar-refractivity contribution in [2.24, 2.45) is 0 Å². The summed E-state index contributed by atoms with van der Waals surface area (Å²) in [6.45, 7) is 0. The molecule has 3 rings (SSSR count). The number of nitrogens with zero attached hydrogens (tertiary/aromatic N) is 2. The summed E-state index contributed by atoms with van der Waals surface area (Å²) in [5.41, 5.74) is 0.980. The maximum absolute atomic E-state index is 4.61. The molecule has 1 aromatic carbocycles. The molecular weight excluding hydrogens is 268 g/mol. The zero-order valence-electron chi connectivity index (χ0n) is 11.9. The quantitative estimate of drug-likeness (QED) is 0.903. The van der Waals surface area contributed by atoms with Gasteiger partial charge in [-0.1, -0.05) is 18.6 Å². The maximum Gasteiger partial charge on any atom is 0.224 e. The first-order valence-corrected chi connectivity index (χ1v) is 8.34. The summed E-state index contributed by atoms with van der Waals surface area (Å²) < 4.78 is 0. The lowest BCUT2D eigenvalue weighted by Crippen LogP contribution is -2.26. The molecule has 4 nitrogen and oxygen atoms in total. The second-order valence-corrected chi connectivity index (χ2v) is 6.20. The van der Waals surface area contributed by atoms with Gasteiger partial charge in [-0.2, -0.15) is 16.7 Å². The first-order chi connectivity index (χ1) is 9.81. The third kappa shape index (κ3) is 2.54. The molecule has 5 heteroatoms. The van der Waals surface area contributed by atoms with E-state index in [1.807, 2.05) is 37.0 Å². The molecular formula is C15H20N4S. The lowest BCUT2D eigenvalue weighted by molar-refractivity contribution is 0.764. The summed E-state index contributed by atoms with van der Waals surface area (Å²) >= 11 is 1.95. The molecule has 0 amide bonds. The van der Waals surface area contributed by atoms with Crippen molar-refractivity contribution in [2.75, 3.05) is 23.9 Å². The highest BCUT2D eigenvalue weighted by molar-refractivity contribution is 7.99. The topological polar surface area (TPSA) is 49.8 Å². The van der Waals surface area contributed by atoms with Crippen LogP contribution in [0.3, 0.4) is 0 Å². The molecule has 1 fully saturated rings. The standard InChI is InChI=1S/C15H20N4S/c1-16-15-18-11-7-4-3-6-10(11)14(19-15)17-12-8-5-9-13(12)20-2/h3-4,6-7,12-13H,5,8-9H2,1-2H3,(H2,16,17,18,19). The lowest BCUT2D eigenvalue weighted by atomic mass is 10.2. The molecule has 20 heavy (non-hydrogen) atoms. The molecule has 0 saturated heterocycles. The van der Waals surface area contributed by atoms with Gasteiger partial charge < -0.3 is 10.6 Å². The van der Waals surface area contributed by atoms with E-state index in [4.69, 9.17) is 0 Å². The van der Waals surface area contributed by atoms with Crippen LogP contribution in [-0.2, 0) is 0 Å². The van der Waals surface area contributed by atoms with Gasteiger partial charge in [-0.15, -0.1) is 0 Å². The first-order valence-electron chi connectivity index (χ1n) is 7.05. The molecule has 1 aromatic heterocycles. The zero-order valence-corrected chi connectivity index (χ0v) is 12.7. The minimum Gasteiger partial charge on any atom is -0.366 e. The summed E-state index contributed by atoms with van der Waals surface area (Å²) in [5, 5.41) is 8.47. The number of para-hydroxylation sites is 1. The zero-order chi connectivity index (χ0) is 13.9. The predicted octanol–water partition coefficient (Wildman–Crippen LogP) is 3.37. The van der Waals surface area contributed by atoms with Crippen molar-refractivity contribution >= 4 is 34.4 Å². The summed E-state index contributed by atoms with van der Waals surface area (Å²) in [7, 11) is 1.86. The Morgan fingerprint density at radius 3 is 2.85 bits per heavy atom. The fraction of sp³-hybridized carbons (Fsp3) is 0.467. The third-order valence-corrected chi connectivity index (χ3v) is 5.07. The van der Waals surface area contributed by atoms with E-state index in [2.05, 4.69) is 32.9 Å². The molecule has 0 aliphatic heterocycles. The highest BCUT2D eigenvalue weighted by Crippen LogP contribution is 2.32. The Kier molecular flexibility index (Phi) is 3.96. The molecule has 106 valence electrons. The fourth-order valence-electron chi connectivity index (χ4n) is 2.85. The Labute approximate surface area is 123 Å².